The molecule has 0 aliphatic carbocycles. The number of nitrogens with one attached hydrogen (secondary N) is 1. The first-order valence-electron chi connectivity index (χ1n) is 10.4. The fourth-order valence-corrected chi connectivity index (χ4v) is 4.56. The molecular formula is C21H21Cl2F3N4O4. The van der Waals surface area contributed by atoms with Crippen LogP contribution in [0, 0.1) is 5.92 Å². The predicted molar refractivity (Wildman–Crippen MR) is 117 cm³/mol. The van der Waals surface area contributed by atoms with Crippen LogP contribution < -0.4 is 5.32 Å². The molecule has 0 saturated carbocycles. The van der Waals surface area contributed by atoms with Gasteiger partial charge < -0.3 is 15.0 Å². The van der Waals surface area contributed by atoms with Gasteiger partial charge in [0, 0.05) is 13.1 Å². The van der Waals surface area contributed by atoms with Crippen LogP contribution in [0.1, 0.15) is 33.0 Å². The van der Waals surface area contributed by atoms with Crippen molar-refractivity contribution in [2.24, 2.45) is 5.92 Å². The van der Waals surface area contributed by atoms with Gasteiger partial charge in [0.25, 0.3) is 5.66 Å². The number of rotatable bonds is 2. The van der Waals surface area contributed by atoms with Gasteiger partial charge in [-0.25, -0.2) is 9.78 Å². The first-order valence-corrected chi connectivity index (χ1v) is 11.2. The number of benzene rings is 1. The van der Waals surface area contributed by atoms with Crippen LogP contribution in [-0.2, 0) is 26.4 Å². The van der Waals surface area contributed by atoms with E-state index in [4.69, 9.17) is 27.9 Å². The first kappa shape index (κ1) is 24.6. The summed E-state index contributed by atoms with van der Waals surface area (Å²) >= 11 is 12.0. The van der Waals surface area contributed by atoms with E-state index in [0.29, 0.717) is 4.57 Å². The first-order chi connectivity index (χ1) is 15.6. The van der Waals surface area contributed by atoms with Crippen molar-refractivity contribution in [1.29, 1.82) is 0 Å². The molecule has 0 radical (unpaired) electrons. The van der Waals surface area contributed by atoms with Crippen LogP contribution in [0.5, 0.6) is 0 Å². The molecule has 2 aliphatic heterocycles. The lowest BCUT2D eigenvalue weighted by Crippen LogP contribution is -2.63. The highest BCUT2D eigenvalue weighted by Crippen LogP contribution is 2.44. The number of halogens is 5. The lowest BCUT2D eigenvalue weighted by atomic mass is 10.0. The summed E-state index contributed by atoms with van der Waals surface area (Å²) in [6.07, 6.45) is -6.38. The highest BCUT2D eigenvalue weighted by molar-refractivity contribution is 6.42. The molecule has 13 heteroatoms. The Hall–Kier alpha value is -2.53. The second-order valence-corrected chi connectivity index (χ2v) is 10.1. The third kappa shape index (κ3) is 3.98. The van der Waals surface area contributed by atoms with Crippen molar-refractivity contribution in [2.75, 3.05) is 13.1 Å². The summed E-state index contributed by atoms with van der Waals surface area (Å²) in [7, 11) is 0. The van der Waals surface area contributed by atoms with E-state index in [9.17, 15) is 27.6 Å². The van der Waals surface area contributed by atoms with Gasteiger partial charge in [0.15, 0.2) is 5.78 Å². The van der Waals surface area contributed by atoms with Crippen molar-refractivity contribution in [3.05, 3.63) is 28.0 Å². The average Bonchev–Trinajstić information content (AvgIpc) is 3.36. The van der Waals surface area contributed by atoms with Crippen molar-refractivity contribution < 1.29 is 32.3 Å². The van der Waals surface area contributed by atoms with Gasteiger partial charge in [0.2, 0.25) is 5.91 Å². The molecule has 1 N–H and O–H groups in total. The molecule has 4 rings (SSSR count). The topological polar surface area (TPSA) is 93.5 Å². The van der Waals surface area contributed by atoms with Gasteiger partial charge in [-0.2, -0.15) is 13.2 Å². The summed E-state index contributed by atoms with van der Waals surface area (Å²) < 4.78 is 49.6. The van der Waals surface area contributed by atoms with Crippen molar-refractivity contribution in [2.45, 2.75) is 51.1 Å². The number of Topliss-reactive ketones (excluding diaryl/α,β-unsaturated/α-hetero) is 1. The minimum absolute atomic E-state index is 0.0255. The number of hydrogen-bond acceptors (Lipinski definition) is 5. The zero-order valence-electron chi connectivity index (χ0n) is 18.4. The van der Waals surface area contributed by atoms with Crippen LogP contribution in [0.15, 0.2) is 12.1 Å². The summed E-state index contributed by atoms with van der Waals surface area (Å²) in [5.41, 5.74) is -4.10. The smallest absolute Gasteiger partial charge is 0.438 e. The second-order valence-electron chi connectivity index (χ2n) is 9.33. The third-order valence-corrected chi connectivity index (χ3v) is 6.47. The Morgan fingerprint density at radius 1 is 1.21 bits per heavy atom. The van der Waals surface area contributed by atoms with Crippen molar-refractivity contribution >= 4 is 52.0 Å². The molecule has 0 spiro atoms. The lowest BCUT2D eigenvalue weighted by Gasteiger charge is -2.34. The normalized spacial score (nSPS) is 22.9. The SMILES string of the molecule is CC(C)(C)OC(=O)N1CCC(C(=O)NC2(C(F)(F)F)C(=O)Cc3nc4cc(Cl)c(Cl)cc4n32)C1. The second kappa shape index (κ2) is 8.01. The van der Waals surface area contributed by atoms with Crippen molar-refractivity contribution in [3.63, 3.8) is 0 Å². The van der Waals surface area contributed by atoms with Crippen LogP contribution in [0.25, 0.3) is 11.0 Å². The number of carbonyl (C=O) groups is 3. The zero-order valence-corrected chi connectivity index (χ0v) is 19.9. The number of imidazole rings is 1. The molecule has 1 aromatic heterocycles. The highest BCUT2D eigenvalue weighted by Gasteiger charge is 2.67. The number of likely N-dealkylation sites (tertiary alicyclic amines) is 1. The predicted octanol–water partition coefficient (Wildman–Crippen LogP) is 4.06. The third-order valence-electron chi connectivity index (χ3n) is 5.75. The van der Waals surface area contributed by atoms with E-state index in [-0.39, 0.29) is 46.4 Å². The van der Waals surface area contributed by atoms with E-state index >= 15 is 0 Å². The maximum atomic E-state index is 14.5. The summed E-state index contributed by atoms with van der Waals surface area (Å²) in [5, 5.41) is 2.02. The number of carbonyl (C=O) groups excluding carboxylic acids is 3. The standard InChI is InChI=1S/C21H21Cl2F3N4O4/c1-19(2,3)34-18(33)29-5-4-10(9-29)17(32)28-20(21(24,25)26)15(31)8-16-27-13-6-11(22)12(23)7-14(13)30(16)20/h6-7,10H,4-5,8-9H2,1-3H3,(H,28,32). The summed E-state index contributed by atoms with van der Waals surface area (Å²) in [5.74, 6) is -3.41. The van der Waals surface area contributed by atoms with Gasteiger partial charge in [0.1, 0.15) is 11.4 Å². The number of fused-ring (bicyclic) bond motifs is 3. The maximum absolute atomic E-state index is 14.5. The van der Waals surface area contributed by atoms with Gasteiger partial charge in [0.05, 0.1) is 33.4 Å². The number of aromatic nitrogens is 2. The van der Waals surface area contributed by atoms with E-state index in [1.165, 1.54) is 17.0 Å². The fourth-order valence-electron chi connectivity index (χ4n) is 4.24. The minimum atomic E-state index is -5.19. The van der Waals surface area contributed by atoms with Gasteiger partial charge in [-0.05, 0) is 39.3 Å². The molecule has 2 atom stereocenters. The van der Waals surface area contributed by atoms with E-state index in [2.05, 4.69) is 4.98 Å². The van der Waals surface area contributed by atoms with E-state index < -0.39 is 47.6 Å². The van der Waals surface area contributed by atoms with E-state index in [1.54, 1.807) is 20.8 Å². The molecule has 184 valence electrons. The number of alkyl halides is 3. The number of hydrogen-bond donors (Lipinski definition) is 1. The minimum Gasteiger partial charge on any atom is -0.444 e. The maximum Gasteiger partial charge on any atom is 0.438 e. The monoisotopic (exact) mass is 520 g/mol. The molecule has 34 heavy (non-hydrogen) atoms. The van der Waals surface area contributed by atoms with Crippen LogP contribution in [0.2, 0.25) is 10.0 Å². The molecule has 8 nitrogen and oxygen atoms in total. The van der Waals surface area contributed by atoms with Crippen LogP contribution in [0.3, 0.4) is 0 Å². The Labute approximate surface area is 202 Å². The largest absolute Gasteiger partial charge is 0.444 e. The Kier molecular flexibility index (Phi) is 5.79. The van der Waals surface area contributed by atoms with Gasteiger partial charge in [-0.3, -0.25) is 14.2 Å². The summed E-state index contributed by atoms with van der Waals surface area (Å²) in [6.45, 7) is 5.03. The molecular weight excluding hydrogens is 500 g/mol. The lowest BCUT2D eigenvalue weighted by molar-refractivity contribution is -0.219. The van der Waals surface area contributed by atoms with Crippen LogP contribution in [-0.4, -0.2) is 57.1 Å². The van der Waals surface area contributed by atoms with Gasteiger partial charge in [-0.15, -0.1) is 0 Å². The molecule has 2 aromatic rings. The summed E-state index contributed by atoms with van der Waals surface area (Å²) in [6, 6.07) is 2.48. The Morgan fingerprint density at radius 2 is 1.85 bits per heavy atom. The molecule has 2 unspecified atom stereocenters. The van der Waals surface area contributed by atoms with Crippen LogP contribution in [0.4, 0.5) is 18.0 Å². The molecule has 3 heterocycles. The van der Waals surface area contributed by atoms with Crippen molar-refractivity contribution in [1.82, 2.24) is 19.8 Å². The Morgan fingerprint density at radius 3 is 2.47 bits per heavy atom. The van der Waals surface area contributed by atoms with E-state index in [1.807, 2.05) is 5.32 Å². The zero-order chi connectivity index (χ0) is 25.2. The Bertz CT molecular complexity index is 1210. The van der Waals surface area contributed by atoms with Gasteiger partial charge >= 0.3 is 12.3 Å². The number of ether oxygens (including phenoxy) is 1. The molecule has 1 aromatic carbocycles. The molecule has 1 saturated heterocycles. The quantitative estimate of drug-likeness (QED) is 0.644. The average molecular weight is 521 g/mol. The molecule has 1 fully saturated rings. The van der Waals surface area contributed by atoms with Crippen LogP contribution >= 0.6 is 23.2 Å². The summed E-state index contributed by atoms with van der Waals surface area (Å²) in [4.78, 5) is 43.5. The Balaban J connectivity index is 1.67. The fraction of sp³-hybridized carbons (Fsp3) is 0.524. The highest BCUT2D eigenvalue weighted by atomic mass is 35.5. The molecule has 0 bridgehead atoms. The van der Waals surface area contributed by atoms with Gasteiger partial charge in [-0.1, -0.05) is 23.2 Å². The molecule has 2 aliphatic rings. The number of nitrogens with zero attached hydrogens (tertiary/aromatic N) is 3. The van der Waals surface area contributed by atoms with Crippen molar-refractivity contribution in [3.8, 4) is 0 Å². The number of ketones is 1. The number of amides is 2. The van der Waals surface area contributed by atoms with E-state index in [0.717, 1.165) is 0 Å². The molecule has 2 amide bonds.